The van der Waals surface area contributed by atoms with Gasteiger partial charge in [0.05, 0.1) is 4.92 Å². The van der Waals surface area contributed by atoms with Crippen molar-refractivity contribution in [3.8, 4) is 0 Å². The summed E-state index contributed by atoms with van der Waals surface area (Å²) in [6.07, 6.45) is 0. The maximum atomic E-state index is 14.0. The Morgan fingerprint density at radius 2 is 1.95 bits per heavy atom. The Labute approximate surface area is 109 Å². The Hall–Kier alpha value is -2.05. The van der Waals surface area contributed by atoms with Gasteiger partial charge in [0.15, 0.2) is 0 Å². The van der Waals surface area contributed by atoms with Crippen molar-refractivity contribution < 1.29 is 18.5 Å². The second-order valence-electron chi connectivity index (χ2n) is 3.86. The molecule has 5 nitrogen and oxygen atoms in total. The van der Waals surface area contributed by atoms with Crippen molar-refractivity contribution >= 4 is 11.6 Å². The average Bonchev–Trinajstić information content (AvgIpc) is 2.40. The lowest BCUT2D eigenvalue weighted by molar-refractivity contribution is -0.385. The van der Waals surface area contributed by atoms with Crippen LogP contribution in [0.2, 0.25) is 0 Å². The molecule has 0 saturated heterocycles. The van der Waals surface area contributed by atoms with Crippen LogP contribution in [-0.4, -0.2) is 28.8 Å². The molecule has 1 aromatic rings. The van der Waals surface area contributed by atoms with Crippen molar-refractivity contribution in [2.75, 3.05) is 13.1 Å². The predicted molar refractivity (Wildman–Crippen MR) is 64.9 cm³/mol. The van der Waals surface area contributed by atoms with Crippen LogP contribution in [0.5, 0.6) is 0 Å². The van der Waals surface area contributed by atoms with Crippen LogP contribution in [-0.2, 0) is 10.7 Å². The van der Waals surface area contributed by atoms with Crippen molar-refractivity contribution in [3.05, 3.63) is 39.9 Å². The third kappa shape index (κ3) is 3.04. The molecular formula is C12H14F2N2O3. The number of likely N-dealkylation sites (N-methyl/N-ethyl adjacent to an activating group) is 1. The van der Waals surface area contributed by atoms with Crippen LogP contribution in [0.3, 0.4) is 0 Å². The molecule has 1 rings (SSSR count). The van der Waals surface area contributed by atoms with Gasteiger partial charge < -0.3 is 4.90 Å². The first-order chi connectivity index (χ1) is 8.84. The molecule has 0 saturated carbocycles. The molecule has 0 aliphatic rings. The SMILES string of the molecule is CCN(CC)C(=O)C(F)(F)c1cccc([N+](=O)[O-])c1. The van der Waals surface area contributed by atoms with E-state index in [9.17, 15) is 23.7 Å². The van der Waals surface area contributed by atoms with E-state index in [1.807, 2.05) is 0 Å². The summed E-state index contributed by atoms with van der Waals surface area (Å²) < 4.78 is 28.0. The zero-order valence-corrected chi connectivity index (χ0v) is 10.6. The van der Waals surface area contributed by atoms with E-state index in [0.717, 1.165) is 29.2 Å². The summed E-state index contributed by atoms with van der Waals surface area (Å²) in [6.45, 7) is 3.48. The molecule has 0 aliphatic carbocycles. The zero-order chi connectivity index (χ0) is 14.6. The van der Waals surface area contributed by atoms with E-state index < -0.39 is 28.0 Å². The summed E-state index contributed by atoms with van der Waals surface area (Å²) in [5.74, 6) is -5.11. The number of benzene rings is 1. The summed E-state index contributed by atoms with van der Waals surface area (Å²) >= 11 is 0. The second kappa shape index (κ2) is 5.73. The zero-order valence-electron chi connectivity index (χ0n) is 10.6. The van der Waals surface area contributed by atoms with Crippen molar-refractivity contribution in [1.82, 2.24) is 4.90 Å². The number of rotatable bonds is 5. The molecule has 0 N–H and O–H groups in total. The van der Waals surface area contributed by atoms with Crippen LogP contribution in [0.4, 0.5) is 14.5 Å². The van der Waals surface area contributed by atoms with Gasteiger partial charge in [0.2, 0.25) is 0 Å². The molecule has 7 heteroatoms. The summed E-state index contributed by atoms with van der Waals surface area (Å²) in [5.41, 5.74) is -1.14. The quantitative estimate of drug-likeness (QED) is 0.611. The van der Waals surface area contributed by atoms with E-state index in [2.05, 4.69) is 0 Å². The average molecular weight is 272 g/mol. The lowest BCUT2D eigenvalue weighted by atomic mass is 10.1. The molecule has 0 radical (unpaired) electrons. The van der Waals surface area contributed by atoms with Crippen molar-refractivity contribution in [1.29, 1.82) is 0 Å². The molecule has 0 atom stereocenters. The van der Waals surface area contributed by atoms with Crippen LogP contribution in [0.25, 0.3) is 0 Å². The molecule has 0 unspecified atom stereocenters. The van der Waals surface area contributed by atoms with Gasteiger partial charge in [0, 0.05) is 30.8 Å². The predicted octanol–water partition coefficient (Wildman–Crippen LogP) is 2.56. The van der Waals surface area contributed by atoms with E-state index in [0.29, 0.717) is 0 Å². The smallest absolute Gasteiger partial charge is 0.338 e. The highest BCUT2D eigenvalue weighted by Gasteiger charge is 2.43. The van der Waals surface area contributed by atoms with Crippen LogP contribution in [0, 0.1) is 10.1 Å². The lowest BCUT2D eigenvalue weighted by Gasteiger charge is -2.24. The summed E-state index contributed by atoms with van der Waals surface area (Å²) in [7, 11) is 0. The standard InChI is InChI=1S/C12H14F2N2O3/c1-3-15(4-2)11(17)12(13,14)9-6-5-7-10(8-9)16(18)19/h5-8H,3-4H2,1-2H3. The first kappa shape index (κ1) is 15.0. The van der Waals surface area contributed by atoms with E-state index in [-0.39, 0.29) is 13.1 Å². The molecule has 19 heavy (non-hydrogen) atoms. The van der Waals surface area contributed by atoms with Gasteiger partial charge in [-0.3, -0.25) is 14.9 Å². The number of carbonyl (C=O) groups excluding carboxylic acids is 1. The monoisotopic (exact) mass is 272 g/mol. The number of nitrogens with zero attached hydrogens (tertiary/aromatic N) is 2. The van der Waals surface area contributed by atoms with Crippen molar-refractivity contribution in [3.63, 3.8) is 0 Å². The van der Waals surface area contributed by atoms with Gasteiger partial charge in [-0.05, 0) is 13.8 Å². The molecule has 0 aliphatic heterocycles. The van der Waals surface area contributed by atoms with Gasteiger partial charge in [-0.2, -0.15) is 8.78 Å². The van der Waals surface area contributed by atoms with E-state index in [4.69, 9.17) is 0 Å². The van der Waals surface area contributed by atoms with Crippen molar-refractivity contribution in [2.24, 2.45) is 0 Å². The fraction of sp³-hybridized carbons (Fsp3) is 0.417. The molecule has 0 bridgehead atoms. The molecule has 0 spiro atoms. The Balaban J connectivity index is 3.15. The minimum absolute atomic E-state index is 0.153. The van der Waals surface area contributed by atoms with Crippen LogP contribution >= 0.6 is 0 Å². The molecule has 1 aromatic carbocycles. The Morgan fingerprint density at radius 1 is 1.37 bits per heavy atom. The third-order valence-electron chi connectivity index (χ3n) is 2.74. The number of amides is 1. The molecule has 1 amide bonds. The molecule has 0 heterocycles. The third-order valence-corrected chi connectivity index (χ3v) is 2.74. The number of alkyl halides is 2. The minimum atomic E-state index is -3.77. The molecule has 0 aromatic heterocycles. The van der Waals surface area contributed by atoms with Gasteiger partial charge in [-0.25, -0.2) is 0 Å². The van der Waals surface area contributed by atoms with E-state index in [1.165, 1.54) is 0 Å². The number of non-ortho nitro benzene ring substituents is 1. The maximum Gasteiger partial charge on any atom is 0.350 e. The van der Waals surface area contributed by atoms with Crippen LogP contribution < -0.4 is 0 Å². The van der Waals surface area contributed by atoms with Gasteiger partial charge in [0.1, 0.15) is 0 Å². The van der Waals surface area contributed by atoms with Crippen LogP contribution in [0.15, 0.2) is 24.3 Å². The minimum Gasteiger partial charge on any atom is -0.338 e. The molecule has 104 valence electrons. The fourth-order valence-corrected chi connectivity index (χ4v) is 1.65. The van der Waals surface area contributed by atoms with Gasteiger partial charge in [-0.1, -0.05) is 12.1 Å². The number of hydrogen-bond acceptors (Lipinski definition) is 3. The molecular weight excluding hydrogens is 258 g/mol. The number of halogens is 2. The highest BCUT2D eigenvalue weighted by Crippen LogP contribution is 2.32. The maximum absolute atomic E-state index is 14.0. The second-order valence-corrected chi connectivity index (χ2v) is 3.86. The largest absolute Gasteiger partial charge is 0.350 e. The van der Waals surface area contributed by atoms with E-state index >= 15 is 0 Å². The van der Waals surface area contributed by atoms with Gasteiger partial charge in [-0.15, -0.1) is 0 Å². The molecule has 0 fully saturated rings. The van der Waals surface area contributed by atoms with Gasteiger partial charge in [0.25, 0.3) is 11.6 Å². The Bertz CT molecular complexity index is 488. The van der Waals surface area contributed by atoms with Crippen molar-refractivity contribution in [2.45, 2.75) is 19.8 Å². The van der Waals surface area contributed by atoms with E-state index in [1.54, 1.807) is 13.8 Å². The number of nitro groups is 1. The lowest BCUT2D eigenvalue weighted by Crippen LogP contribution is -2.41. The summed E-state index contributed by atoms with van der Waals surface area (Å²) in [4.78, 5) is 22.5. The summed E-state index contributed by atoms with van der Waals surface area (Å²) in [5, 5.41) is 10.6. The fourth-order valence-electron chi connectivity index (χ4n) is 1.65. The van der Waals surface area contributed by atoms with Gasteiger partial charge >= 0.3 is 5.92 Å². The Kier molecular flexibility index (Phi) is 4.52. The highest BCUT2D eigenvalue weighted by atomic mass is 19.3. The first-order valence-electron chi connectivity index (χ1n) is 5.76. The highest BCUT2D eigenvalue weighted by molar-refractivity contribution is 5.85. The van der Waals surface area contributed by atoms with Crippen LogP contribution in [0.1, 0.15) is 19.4 Å². The summed E-state index contributed by atoms with van der Waals surface area (Å²) in [6, 6.07) is 3.97. The number of hydrogen-bond donors (Lipinski definition) is 0. The normalized spacial score (nSPS) is 11.2. The topological polar surface area (TPSA) is 63.5 Å². The first-order valence-corrected chi connectivity index (χ1v) is 5.76. The number of carbonyl (C=O) groups is 1. The number of nitro benzene ring substituents is 1. The Morgan fingerprint density at radius 3 is 2.42 bits per heavy atom.